The third-order valence-electron chi connectivity index (χ3n) is 2.98. The molecule has 19 heavy (non-hydrogen) atoms. The first-order valence-corrected chi connectivity index (χ1v) is 5.93. The molecule has 0 aliphatic carbocycles. The molecule has 0 amide bonds. The highest BCUT2D eigenvalue weighted by Gasteiger charge is 2.22. The predicted octanol–water partition coefficient (Wildman–Crippen LogP) is 2.66. The van der Waals surface area contributed by atoms with Crippen LogP contribution in [0.25, 0.3) is 11.3 Å². The van der Waals surface area contributed by atoms with Crippen LogP contribution in [0.3, 0.4) is 0 Å². The molecule has 0 saturated carbocycles. The highest BCUT2D eigenvalue weighted by molar-refractivity contribution is 5.59. The van der Waals surface area contributed by atoms with Gasteiger partial charge < -0.3 is 5.73 Å². The van der Waals surface area contributed by atoms with E-state index in [0.717, 1.165) is 6.07 Å². The van der Waals surface area contributed by atoms with Crippen LogP contribution in [0.2, 0.25) is 0 Å². The maximum absolute atomic E-state index is 13.7. The quantitative estimate of drug-likeness (QED) is 0.926. The van der Waals surface area contributed by atoms with Gasteiger partial charge in [-0.05, 0) is 18.2 Å². The van der Waals surface area contributed by atoms with E-state index in [1.807, 2.05) is 13.8 Å². The van der Waals surface area contributed by atoms with E-state index in [1.165, 1.54) is 12.1 Å². The van der Waals surface area contributed by atoms with Crippen LogP contribution >= 0.6 is 0 Å². The van der Waals surface area contributed by atoms with Crippen molar-refractivity contribution in [3.8, 4) is 11.3 Å². The normalized spacial score (nSPS) is 11.6. The second-order valence-electron chi connectivity index (χ2n) is 4.98. The van der Waals surface area contributed by atoms with Gasteiger partial charge in [0.05, 0.1) is 5.69 Å². The molecule has 0 atom stereocenters. The van der Waals surface area contributed by atoms with E-state index in [4.69, 9.17) is 5.73 Å². The van der Waals surface area contributed by atoms with Crippen LogP contribution < -0.4 is 5.73 Å². The molecule has 3 nitrogen and oxygen atoms in total. The molecule has 2 N–H and O–H groups in total. The van der Waals surface area contributed by atoms with Crippen molar-refractivity contribution in [1.82, 2.24) is 9.97 Å². The van der Waals surface area contributed by atoms with Crippen molar-refractivity contribution < 1.29 is 8.78 Å². The molecule has 1 aromatic carbocycles. The first kappa shape index (κ1) is 13.5. The van der Waals surface area contributed by atoms with Gasteiger partial charge in [0.1, 0.15) is 17.5 Å². The topological polar surface area (TPSA) is 51.8 Å². The number of rotatable bonds is 3. The van der Waals surface area contributed by atoms with Crippen LogP contribution in [0.1, 0.15) is 19.7 Å². The second-order valence-corrected chi connectivity index (χ2v) is 4.98. The molecule has 5 heteroatoms. The molecule has 100 valence electrons. The van der Waals surface area contributed by atoms with Gasteiger partial charge in [0.15, 0.2) is 0 Å². The summed E-state index contributed by atoms with van der Waals surface area (Å²) in [5.41, 5.74) is 5.95. The summed E-state index contributed by atoms with van der Waals surface area (Å²) in [6, 6.07) is 5.00. The summed E-state index contributed by atoms with van der Waals surface area (Å²) in [5.74, 6) is -0.718. The molecule has 2 aromatic rings. The molecular weight excluding hydrogens is 248 g/mol. The maximum atomic E-state index is 13.7. The van der Waals surface area contributed by atoms with Gasteiger partial charge in [-0.15, -0.1) is 0 Å². The van der Waals surface area contributed by atoms with Crippen LogP contribution in [0.4, 0.5) is 8.78 Å². The average Bonchev–Trinajstić information content (AvgIpc) is 2.39. The second kappa shape index (κ2) is 5.01. The number of benzene rings is 1. The molecular formula is C14H15F2N3. The minimum absolute atomic E-state index is 0.248. The number of nitrogens with two attached hydrogens (primary N) is 1. The predicted molar refractivity (Wildman–Crippen MR) is 69.5 cm³/mol. The number of halogens is 2. The molecule has 2 rings (SSSR count). The standard InChI is InChI=1S/C14H15F2N3/c1-14(2,8-17)13-18-6-5-12(19-13)10-4-3-9(15)7-11(10)16/h3-7H,8,17H2,1-2H3. The Morgan fingerprint density at radius 1 is 1.21 bits per heavy atom. The fourth-order valence-corrected chi connectivity index (χ4v) is 1.62. The molecule has 0 saturated heterocycles. The fraction of sp³-hybridized carbons (Fsp3) is 0.286. The molecule has 0 fully saturated rings. The Balaban J connectivity index is 2.49. The number of aromatic nitrogens is 2. The smallest absolute Gasteiger partial charge is 0.135 e. The highest BCUT2D eigenvalue weighted by atomic mass is 19.1. The van der Waals surface area contributed by atoms with Gasteiger partial charge in [0, 0.05) is 29.8 Å². The zero-order valence-corrected chi connectivity index (χ0v) is 10.8. The summed E-state index contributed by atoms with van der Waals surface area (Å²) in [4.78, 5) is 8.49. The Hall–Kier alpha value is -1.88. The van der Waals surface area contributed by atoms with E-state index in [0.29, 0.717) is 18.1 Å². The SMILES string of the molecule is CC(C)(CN)c1nccc(-c2ccc(F)cc2F)n1. The van der Waals surface area contributed by atoms with Crippen molar-refractivity contribution in [1.29, 1.82) is 0 Å². The number of hydrogen-bond donors (Lipinski definition) is 1. The molecule has 1 aromatic heterocycles. The van der Waals surface area contributed by atoms with Crippen molar-refractivity contribution in [2.24, 2.45) is 5.73 Å². The first-order chi connectivity index (χ1) is 8.94. The van der Waals surface area contributed by atoms with Gasteiger partial charge >= 0.3 is 0 Å². The van der Waals surface area contributed by atoms with Crippen molar-refractivity contribution in [2.75, 3.05) is 6.54 Å². The van der Waals surface area contributed by atoms with Gasteiger partial charge in [-0.2, -0.15) is 0 Å². The van der Waals surface area contributed by atoms with E-state index < -0.39 is 17.0 Å². The zero-order chi connectivity index (χ0) is 14.0. The summed E-state index contributed by atoms with van der Waals surface area (Å²) in [6.45, 7) is 4.20. The van der Waals surface area contributed by atoms with Crippen LogP contribution in [0, 0.1) is 11.6 Å². The van der Waals surface area contributed by atoms with Gasteiger partial charge in [-0.25, -0.2) is 18.7 Å². The Labute approximate surface area is 110 Å². The van der Waals surface area contributed by atoms with Gasteiger partial charge in [-0.1, -0.05) is 13.8 Å². The lowest BCUT2D eigenvalue weighted by Gasteiger charge is -2.20. The van der Waals surface area contributed by atoms with Crippen molar-refractivity contribution in [2.45, 2.75) is 19.3 Å². The fourth-order valence-electron chi connectivity index (χ4n) is 1.62. The Morgan fingerprint density at radius 3 is 2.58 bits per heavy atom. The van der Waals surface area contributed by atoms with Gasteiger partial charge in [-0.3, -0.25) is 0 Å². The third kappa shape index (κ3) is 2.76. The molecule has 0 radical (unpaired) electrons. The summed E-state index contributed by atoms with van der Waals surface area (Å²) in [5, 5.41) is 0. The minimum atomic E-state index is -0.643. The molecule has 0 bridgehead atoms. The number of nitrogens with zero attached hydrogens (tertiary/aromatic N) is 2. The average molecular weight is 263 g/mol. The van der Waals surface area contributed by atoms with Crippen molar-refractivity contribution in [3.05, 3.63) is 47.9 Å². The van der Waals surface area contributed by atoms with E-state index >= 15 is 0 Å². The lowest BCUT2D eigenvalue weighted by molar-refractivity contribution is 0.502. The Bertz CT molecular complexity index is 597. The van der Waals surface area contributed by atoms with Crippen LogP contribution in [0.5, 0.6) is 0 Å². The monoisotopic (exact) mass is 263 g/mol. The highest BCUT2D eigenvalue weighted by Crippen LogP contribution is 2.24. The van der Waals surface area contributed by atoms with Crippen LogP contribution in [-0.4, -0.2) is 16.5 Å². The largest absolute Gasteiger partial charge is 0.329 e. The Kier molecular flexibility index (Phi) is 3.57. The van der Waals surface area contributed by atoms with Crippen LogP contribution in [0.15, 0.2) is 30.5 Å². The molecule has 0 spiro atoms. The molecule has 0 unspecified atom stereocenters. The third-order valence-corrected chi connectivity index (χ3v) is 2.98. The maximum Gasteiger partial charge on any atom is 0.135 e. The lowest BCUT2D eigenvalue weighted by Crippen LogP contribution is -2.30. The first-order valence-electron chi connectivity index (χ1n) is 5.93. The molecule has 1 heterocycles. The van der Waals surface area contributed by atoms with Gasteiger partial charge in [0.25, 0.3) is 0 Å². The molecule has 0 aliphatic rings. The summed E-state index contributed by atoms with van der Waals surface area (Å²) >= 11 is 0. The molecule has 0 aliphatic heterocycles. The minimum Gasteiger partial charge on any atom is -0.329 e. The lowest BCUT2D eigenvalue weighted by atomic mass is 9.92. The number of hydrogen-bond acceptors (Lipinski definition) is 3. The van der Waals surface area contributed by atoms with Gasteiger partial charge in [0.2, 0.25) is 0 Å². The van der Waals surface area contributed by atoms with E-state index in [2.05, 4.69) is 9.97 Å². The summed E-state index contributed by atoms with van der Waals surface area (Å²) < 4.78 is 26.6. The summed E-state index contributed by atoms with van der Waals surface area (Å²) in [6.07, 6.45) is 1.55. The van der Waals surface area contributed by atoms with E-state index in [1.54, 1.807) is 12.3 Å². The van der Waals surface area contributed by atoms with Crippen molar-refractivity contribution in [3.63, 3.8) is 0 Å². The van der Waals surface area contributed by atoms with Crippen molar-refractivity contribution >= 4 is 0 Å². The van der Waals surface area contributed by atoms with E-state index in [9.17, 15) is 8.78 Å². The van der Waals surface area contributed by atoms with Crippen LogP contribution in [-0.2, 0) is 5.41 Å². The Morgan fingerprint density at radius 2 is 1.95 bits per heavy atom. The zero-order valence-electron chi connectivity index (χ0n) is 10.8. The summed E-state index contributed by atoms with van der Waals surface area (Å²) in [7, 11) is 0. The van der Waals surface area contributed by atoms with E-state index in [-0.39, 0.29) is 5.56 Å².